The Balaban J connectivity index is 1.27. The fourth-order valence-corrected chi connectivity index (χ4v) is 4.97. The van der Waals surface area contributed by atoms with Crippen LogP contribution in [0.5, 0.6) is 0 Å². The van der Waals surface area contributed by atoms with Crippen LogP contribution < -0.4 is 16.3 Å². The molecule has 1 unspecified atom stereocenters. The zero-order valence-corrected chi connectivity index (χ0v) is 19.0. The molecule has 1 atom stereocenters. The number of H-pyrrole nitrogens is 1. The van der Waals surface area contributed by atoms with E-state index in [4.69, 9.17) is 0 Å². The summed E-state index contributed by atoms with van der Waals surface area (Å²) in [5.41, 5.74) is 4.55. The number of hydrogen-bond donors (Lipinski definition) is 4. The molecule has 3 aromatic heterocycles. The number of piperidine rings is 1. The Morgan fingerprint density at radius 3 is 2.91 bits per heavy atom. The predicted molar refractivity (Wildman–Crippen MR) is 126 cm³/mol. The molecule has 1 aliphatic heterocycles. The monoisotopic (exact) mass is 455 g/mol. The summed E-state index contributed by atoms with van der Waals surface area (Å²) in [6, 6.07) is 9.00. The van der Waals surface area contributed by atoms with Crippen molar-refractivity contribution in [2.75, 3.05) is 19.6 Å². The van der Waals surface area contributed by atoms with E-state index in [1.807, 2.05) is 23.3 Å². The van der Waals surface area contributed by atoms with E-state index in [0.717, 1.165) is 49.0 Å². The minimum absolute atomic E-state index is 0.0923. The first-order valence-electron chi connectivity index (χ1n) is 11.1. The molecule has 9 heteroatoms. The van der Waals surface area contributed by atoms with Crippen molar-refractivity contribution in [2.24, 2.45) is 0 Å². The van der Waals surface area contributed by atoms with Crippen LogP contribution in [0.1, 0.15) is 53.2 Å². The summed E-state index contributed by atoms with van der Waals surface area (Å²) in [6.07, 6.45) is 4.79. The van der Waals surface area contributed by atoms with Crippen molar-refractivity contribution < 1.29 is 9.90 Å². The summed E-state index contributed by atoms with van der Waals surface area (Å²) in [5.74, 6) is -0.0923. The number of hydrogen-bond acceptors (Lipinski definition) is 7. The second kappa shape index (κ2) is 10.4. The molecule has 1 saturated heterocycles. The van der Waals surface area contributed by atoms with Crippen molar-refractivity contribution in [3.8, 4) is 0 Å². The van der Waals surface area contributed by atoms with Gasteiger partial charge in [0.25, 0.3) is 5.91 Å². The quantitative estimate of drug-likeness (QED) is 0.415. The zero-order valence-electron chi connectivity index (χ0n) is 18.1. The van der Waals surface area contributed by atoms with E-state index in [-0.39, 0.29) is 17.5 Å². The van der Waals surface area contributed by atoms with Gasteiger partial charge in [-0.2, -0.15) is 0 Å². The first-order valence-corrected chi connectivity index (χ1v) is 11.9. The van der Waals surface area contributed by atoms with Crippen LogP contribution in [0.3, 0.4) is 0 Å². The number of aromatic amines is 1. The van der Waals surface area contributed by atoms with Gasteiger partial charge in [0.1, 0.15) is 10.9 Å². The molecule has 32 heavy (non-hydrogen) atoms. The number of aliphatic hydroxyl groups is 1. The van der Waals surface area contributed by atoms with Crippen LogP contribution >= 0.6 is 11.3 Å². The summed E-state index contributed by atoms with van der Waals surface area (Å²) >= 11 is 1.43. The molecule has 0 bridgehead atoms. The largest absolute Gasteiger partial charge is 0.386 e. The van der Waals surface area contributed by atoms with Crippen LogP contribution in [0, 0.1) is 0 Å². The van der Waals surface area contributed by atoms with Crippen LogP contribution in [0.2, 0.25) is 0 Å². The Bertz CT molecular complexity index is 1120. The molecule has 0 saturated carbocycles. The van der Waals surface area contributed by atoms with Crippen molar-refractivity contribution in [1.82, 2.24) is 25.7 Å². The van der Waals surface area contributed by atoms with E-state index >= 15 is 0 Å². The van der Waals surface area contributed by atoms with Gasteiger partial charge in [0, 0.05) is 49.0 Å². The number of aryl methyl sites for hydroxylation is 1. The Morgan fingerprint density at radius 2 is 2.16 bits per heavy atom. The van der Waals surface area contributed by atoms with Crippen LogP contribution in [-0.4, -0.2) is 51.7 Å². The number of hydrazine groups is 1. The maximum atomic E-state index is 12.8. The maximum absolute atomic E-state index is 12.8. The van der Waals surface area contributed by atoms with E-state index in [1.54, 1.807) is 12.1 Å². The minimum Gasteiger partial charge on any atom is -0.386 e. The summed E-state index contributed by atoms with van der Waals surface area (Å²) in [6.45, 7) is 3.97. The fourth-order valence-electron chi connectivity index (χ4n) is 4.03. The normalized spacial score (nSPS) is 16.3. The van der Waals surface area contributed by atoms with Gasteiger partial charge in [-0.1, -0.05) is 19.4 Å². The Labute approximate surface area is 190 Å². The molecule has 0 aromatic carbocycles. The molecule has 4 heterocycles. The molecule has 0 aliphatic carbocycles. The first kappa shape index (κ1) is 22.6. The number of aromatic nitrogens is 2. The number of nitrogens with zero attached hydrogens (tertiary/aromatic N) is 2. The molecule has 1 amide bonds. The fraction of sp³-hybridized carbons (Fsp3) is 0.435. The summed E-state index contributed by atoms with van der Waals surface area (Å²) in [5, 5.41) is 16.7. The second-order valence-corrected chi connectivity index (χ2v) is 9.18. The minimum atomic E-state index is -0.763. The van der Waals surface area contributed by atoms with E-state index in [2.05, 4.69) is 27.6 Å². The van der Waals surface area contributed by atoms with E-state index in [9.17, 15) is 14.7 Å². The number of carbonyl (C=O) groups is 1. The van der Waals surface area contributed by atoms with Gasteiger partial charge in [-0.05, 0) is 43.0 Å². The third-order valence-corrected chi connectivity index (χ3v) is 6.82. The average molecular weight is 456 g/mol. The van der Waals surface area contributed by atoms with Crippen molar-refractivity contribution >= 4 is 27.5 Å². The first-order chi connectivity index (χ1) is 15.5. The number of thiophene rings is 1. The number of aliphatic hydroxyl groups excluding tert-OH is 1. The number of nitrogens with one attached hydrogen (secondary N) is 3. The summed E-state index contributed by atoms with van der Waals surface area (Å²) in [4.78, 5) is 32.8. The second-order valence-electron chi connectivity index (χ2n) is 8.15. The molecule has 4 N–H and O–H groups in total. The average Bonchev–Trinajstić information content (AvgIpc) is 3.24. The number of fused-ring (bicyclic) bond motifs is 1. The molecular weight excluding hydrogens is 426 g/mol. The summed E-state index contributed by atoms with van der Waals surface area (Å²) in [7, 11) is 0. The number of pyridine rings is 2. The lowest BCUT2D eigenvalue weighted by Gasteiger charge is -2.32. The highest BCUT2D eigenvalue weighted by molar-refractivity contribution is 7.20. The number of carbonyl (C=O) groups excluding carboxylic acids is 1. The highest BCUT2D eigenvalue weighted by Crippen LogP contribution is 2.27. The van der Waals surface area contributed by atoms with Crippen molar-refractivity contribution in [3.05, 3.63) is 63.0 Å². The topological polar surface area (TPSA) is 110 Å². The SMILES string of the molecule is CCCc1ccnc2sc(C(=O)NN3CCC(NCC(O)c4cccc(=O)[nH]4)CC3)cc12. The number of amides is 1. The van der Waals surface area contributed by atoms with Gasteiger partial charge in [0.05, 0.1) is 4.88 Å². The third kappa shape index (κ3) is 5.42. The molecular formula is C23H29N5O3S. The van der Waals surface area contributed by atoms with E-state index in [0.29, 0.717) is 17.1 Å². The molecule has 8 nitrogen and oxygen atoms in total. The molecule has 4 rings (SSSR count). The lowest BCUT2D eigenvalue weighted by Crippen LogP contribution is -2.50. The molecule has 0 spiro atoms. The molecule has 1 fully saturated rings. The zero-order chi connectivity index (χ0) is 22.5. The Hall–Kier alpha value is -2.59. The Kier molecular flexibility index (Phi) is 7.31. The lowest BCUT2D eigenvalue weighted by atomic mass is 10.1. The standard InChI is InChI=1S/C23H29N5O3S/c1-2-4-15-7-10-24-23-17(15)13-20(32-23)22(31)27-28-11-8-16(9-12-28)25-14-19(29)18-5-3-6-21(30)26-18/h3,5-7,10,13,16,19,25,29H,2,4,8-9,11-12,14H2,1H3,(H,26,30)(H,27,31). The van der Waals surface area contributed by atoms with Gasteiger partial charge in [-0.25, -0.2) is 9.99 Å². The van der Waals surface area contributed by atoms with Gasteiger partial charge in [0.15, 0.2) is 0 Å². The molecule has 3 aromatic rings. The highest BCUT2D eigenvalue weighted by atomic mass is 32.1. The smallest absolute Gasteiger partial charge is 0.275 e. The van der Waals surface area contributed by atoms with Crippen LogP contribution in [0.25, 0.3) is 10.2 Å². The van der Waals surface area contributed by atoms with Crippen molar-refractivity contribution in [1.29, 1.82) is 0 Å². The van der Waals surface area contributed by atoms with Gasteiger partial charge in [0.2, 0.25) is 5.56 Å². The van der Waals surface area contributed by atoms with Crippen LogP contribution in [0.15, 0.2) is 41.3 Å². The molecule has 0 radical (unpaired) electrons. The van der Waals surface area contributed by atoms with E-state index in [1.165, 1.54) is 23.0 Å². The third-order valence-electron chi connectivity index (χ3n) is 5.77. The maximum Gasteiger partial charge on any atom is 0.275 e. The Morgan fingerprint density at radius 1 is 1.34 bits per heavy atom. The van der Waals surface area contributed by atoms with Crippen molar-refractivity contribution in [2.45, 2.75) is 44.8 Å². The molecule has 170 valence electrons. The van der Waals surface area contributed by atoms with Crippen molar-refractivity contribution in [3.63, 3.8) is 0 Å². The van der Waals surface area contributed by atoms with Crippen LogP contribution in [-0.2, 0) is 6.42 Å². The van der Waals surface area contributed by atoms with Gasteiger partial charge >= 0.3 is 0 Å². The highest BCUT2D eigenvalue weighted by Gasteiger charge is 2.22. The van der Waals surface area contributed by atoms with Gasteiger partial charge in [-0.15, -0.1) is 11.3 Å². The van der Waals surface area contributed by atoms with Crippen LogP contribution in [0.4, 0.5) is 0 Å². The van der Waals surface area contributed by atoms with Gasteiger partial charge in [-0.3, -0.25) is 15.0 Å². The van der Waals surface area contributed by atoms with Gasteiger partial charge < -0.3 is 15.4 Å². The van der Waals surface area contributed by atoms with E-state index < -0.39 is 6.10 Å². The summed E-state index contributed by atoms with van der Waals surface area (Å²) < 4.78 is 0. The molecule has 1 aliphatic rings. The number of rotatable bonds is 8. The lowest BCUT2D eigenvalue weighted by molar-refractivity contribution is 0.0718. The predicted octanol–water partition coefficient (Wildman–Crippen LogP) is 2.37.